The number of nitrogens with zero attached hydrogens (tertiary/aromatic N) is 3. The minimum Gasteiger partial charge on any atom is -0.335 e. The molecule has 4 nitrogen and oxygen atoms in total. The van der Waals surface area contributed by atoms with Gasteiger partial charge in [0.2, 0.25) is 0 Å². The molecule has 148 valence electrons. The van der Waals surface area contributed by atoms with Gasteiger partial charge in [-0.15, -0.1) is 0 Å². The van der Waals surface area contributed by atoms with Gasteiger partial charge >= 0.3 is 0 Å². The minimum atomic E-state index is -0.421. The van der Waals surface area contributed by atoms with E-state index in [-0.39, 0.29) is 17.0 Å². The smallest absolute Gasteiger partial charge is 0.256 e. The first kappa shape index (κ1) is 18.9. The van der Waals surface area contributed by atoms with Gasteiger partial charge in [-0.2, -0.15) is 0 Å². The van der Waals surface area contributed by atoms with Gasteiger partial charge < -0.3 is 4.90 Å². The Morgan fingerprint density at radius 2 is 1.78 bits per heavy atom. The molecular formula is C22H32FN3O. The molecule has 2 heterocycles. The second-order valence-electron chi connectivity index (χ2n) is 9.11. The van der Waals surface area contributed by atoms with Crippen molar-refractivity contribution in [3.05, 3.63) is 35.6 Å². The molecule has 5 heteroatoms. The average Bonchev–Trinajstić information content (AvgIpc) is 2.67. The Labute approximate surface area is 162 Å². The van der Waals surface area contributed by atoms with E-state index in [0.29, 0.717) is 25.2 Å². The summed E-state index contributed by atoms with van der Waals surface area (Å²) in [5.41, 5.74) is 0.115. The fourth-order valence-electron chi connectivity index (χ4n) is 5.45. The molecule has 1 amide bonds. The topological polar surface area (TPSA) is 26.8 Å². The highest BCUT2D eigenvalue weighted by Gasteiger charge is 2.45. The van der Waals surface area contributed by atoms with Crippen molar-refractivity contribution < 1.29 is 9.18 Å². The molecule has 0 N–H and O–H groups in total. The summed E-state index contributed by atoms with van der Waals surface area (Å²) in [7, 11) is 0. The molecule has 3 fully saturated rings. The lowest BCUT2D eigenvalue weighted by molar-refractivity contribution is -0.0670. The number of amides is 1. The summed E-state index contributed by atoms with van der Waals surface area (Å²) in [6, 6.07) is 7.40. The Balaban J connectivity index is 1.50. The fourth-order valence-corrected chi connectivity index (χ4v) is 5.45. The molecule has 0 radical (unpaired) electrons. The third-order valence-electron chi connectivity index (χ3n) is 6.78. The maximum Gasteiger partial charge on any atom is 0.256 e. The lowest BCUT2D eigenvalue weighted by Gasteiger charge is -2.56. The van der Waals surface area contributed by atoms with Crippen LogP contribution in [0, 0.1) is 5.82 Å². The maximum atomic E-state index is 14.2. The van der Waals surface area contributed by atoms with Gasteiger partial charge in [0.15, 0.2) is 0 Å². The van der Waals surface area contributed by atoms with Gasteiger partial charge in [-0.3, -0.25) is 14.6 Å². The van der Waals surface area contributed by atoms with Crippen LogP contribution in [0.25, 0.3) is 0 Å². The van der Waals surface area contributed by atoms with Gasteiger partial charge in [-0.1, -0.05) is 31.4 Å². The molecule has 1 aromatic rings. The van der Waals surface area contributed by atoms with E-state index < -0.39 is 5.82 Å². The van der Waals surface area contributed by atoms with Crippen LogP contribution in [0.4, 0.5) is 4.39 Å². The second kappa shape index (κ2) is 7.51. The van der Waals surface area contributed by atoms with Crippen LogP contribution in [-0.4, -0.2) is 71.0 Å². The Hall–Kier alpha value is -1.46. The molecule has 1 atom stereocenters. The molecular weight excluding hydrogens is 341 g/mol. The highest BCUT2D eigenvalue weighted by Crippen LogP contribution is 2.32. The van der Waals surface area contributed by atoms with E-state index in [2.05, 4.69) is 23.6 Å². The van der Waals surface area contributed by atoms with Crippen LogP contribution in [0.5, 0.6) is 0 Å². The Morgan fingerprint density at radius 1 is 1.04 bits per heavy atom. The molecule has 4 rings (SSSR count). The SMILES string of the molecule is CC1(C)CN(C(=O)c2ccccc2F)CC2CN(C3CCCCC3)CCN21. The molecule has 1 aromatic carbocycles. The minimum absolute atomic E-state index is 0.0809. The number of carbonyl (C=O) groups excluding carboxylic acids is 1. The van der Waals surface area contributed by atoms with Crippen molar-refractivity contribution in [3.63, 3.8) is 0 Å². The zero-order valence-corrected chi connectivity index (χ0v) is 16.7. The van der Waals surface area contributed by atoms with Crippen LogP contribution in [0.15, 0.2) is 24.3 Å². The largest absolute Gasteiger partial charge is 0.335 e. The second-order valence-corrected chi connectivity index (χ2v) is 9.11. The van der Waals surface area contributed by atoms with Crippen LogP contribution in [0.2, 0.25) is 0 Å². The number of halogens is 1. The summed E-state index contributed by atoms with van der Waals surface area (Å²) in [5, 5.41) is 0. The van der Waals surface area contributed by atoms with Crippen LogP contribution in [0.1, 0.15) is 56.3 Å². The summed E-state index contributed by atoms with van der Waals surface area (Å²) >= 11 is 0. The first-order chi connectivity index (χ1) is 13.0. The normalized spacial score (nSPS) is 27.4. The van der Waals surface area contributed by atoms with Crippen LogP contribution >= 0.6 is 0 Å². The summed E-state index contributed by atoms with van der Waals surface area (Å²) in [6.07, 6.45) is 6.69. The number of fused-ring (bicyclic) bond motifs is 1. The zero-order chi connectivity index (χ0) is 19.0. The van der Waals surface area contributed by atoms with E-state index in [4.69, 9.17) is 0 Å². The van der Waals surface area contributed by atoms with E-state index in [1.165, 1.54) is 38.2 Å². The number of benzene rings is 1. The van der Waals surface area contributed by atoms with Crippen molar-refractivity contribution >= 4 is 5.91 Å². The quantitative estimate of drug-likeness (QED) is 0.795. The number of rotatable bonds is 2. The molecule has 0 aromatic heterocycles. The van der Waals surface area contributed by atoms with E-state index in [1.807, 2.05) is 4.90 Å². The summed E-state index contributed by atoms with van der Waals surface area (Å²) in [6.45, 7) is 9.00. The van der Waals surface area contributed by atoms with Crippen LogP contribution < -0.4 is 0 Å². The number of hydrogen-bond acceptors (Lipinski definition) is 3. The summed E-state index contributed by atoms with van der Waals surface area (Å²) in [5.74, 6) is -0.592. The third kappa shape index (κ3) is 3.77. The molecule has 2 saturated heterocycles. The molecule has 2 aliphatic heterocycles. The van der Waals surface area contributed by atoms with Crippen molar-refractivity contribution in [3.8, 4) is 0 Å². The monoisotopic (exact) mass is 373 g/mol. The molecule has 27 heavy (non-hydrogen) atoms. The van der Waals surface area contributed by atoms with Crippen LogP contribution in [-0.2, 0) is 0 Å². The predicted molar refractivity (Wildman–Crippen MR) is 105 cm³/mol. The van der Waals surface area contributed by atoms with Gasteiger partial charge in [0.1, 0.15) is 5.82 Å². The zero-order valence-electron chi connectivity index (χ0n) is 16.7. The highest BCUT2D eigenvalue weighted by molar-refractivity contribution is 5.94. The van der Waals surface area contributed by atoms with Gasteiger partial charge in [-0.05, 0) is 38.8 Å². The average molecular weight is 374 g/mol. The lowest BCUT2D eigenvalue weighted by Crippen LogP contribution is -2.71. The predicted octanol–water partition coefficient (Wildman–Crippen LogP) is 3.38. The first-order valence-electron chi connectivity index (χ1n) is 10.5. The lowest BCUT2D eigenvalue weighted by atomic mass is 9.89. The summed E-state index contributed by atoms with van der Waals surface area (Å²) in [4.78, 5) is 20.1. The molecule has 1 unspecified atom stereocenters. The Kier molecular flexibility index (Phi) is 5.26. The number of piperazine rings is 2. The Morgan fingerprint density at radius 3 is 2.52 bits per heavy atom. The van der Waals surface area contributed by atoms with Crippen molar-refractivity contribution in [1.29, 1.82) is 0 Å². The standard InChI is InChI=1S/C22H32FN3O/c1-22(2)16-25(21(27)19-10-6-7-11-20(19)23)15-18-14-24(12-13-26(18)22)17-8-4-3-5-9-17/h6-7,10-11,17-18H,3-5,8-9,12-16H2,1-2H3. The molecule has 0 bridgehead atoms. The van der Waals surface area contributed by atoms with Crippen molar-refractivity contribution in [1.82, 2.24) is 14.7 Å². The Bertz CT molecular complexity index is 686. The number of carbonyl (C=O) groups is 1. The van der Waals surface area contributed by atoms with Crippen molar-refractivity contribution in [2.75, 3.05) is 32.7 Å². The molecule has 1 aliphatic carbocycles. The van der Waals surface area contributed by atoms with Crippen molar-refractivity contribution in [2.24, 2.45) is 0 Å². The maximum absolute atomic E-state index is 14.2. The van der Waals surface area contributed by atoms with E-state index in [9.17, 15) is 9.18 Å². The van der Waals surface area contributed by atoms with Gasteiger partial charge in [0.25, 0.3) is 5.91 Å². The molecule has 0 spiro atoms. The molecule has 1 saturated carbocycles. The third-order valence-corrected chi connectivity index (χ3v) is 6.78. The highest BCUT2D eigenvalue weighted by atomic mass is 19.1. The van der Waals surface area contributed by atoms with Crippen molar-refractivity contribution in [2.45, 2.75) is 63.6 Å². The van der Waals surface area contributed by atoms with Gasteiger partial charge in [0, 0.05) is 50.3 Å². The van der Waals surface area contributed by atoms with Gasteiger partial charge in [-0.25, -0.2) is 4.39 Å². The van der Waals surface area contributed by atoms with E-state index >= 15 is 0 Å². The van der Waals surface area contributed by atoms with E-state index in [1.54, 1.807) is 18.2 Å². The number of hydrogen-bond donors (Lipinski definition) is 0. The first-order valence-corrected chi connectivity index (χ1v) is 10.5. The van der Waals surface area contributed by atoms with Gasteiger partial charge in [0.05, 0.1) is 5.56 Å². The van der Waals surface area contributed by atoms with Crippen LogP contribution in [0.3, 0.4) is 0 Å². The van der Waals surface area contributed by atoms with E-state index in [0.717, 1.165) is 19.6 Å². The summed E-state index contributed by atoms with van der Waals surface area (Å²) < 4.78 is 14.2. The fraction of sp³-hybridized carbons (Fsp3) is 0.682. The molecule has 3 aliphatic rings.